The van der Waals surface area contributed by atoms with Crippen LogP contribution in [0, 0.1) is 0 Å². The second-order valence-corrected chi connectivity index (χ2v) is 2.75. The topological polar surface area (TPSA) is 110 Å². The first-order valence-corrected chi connectivity index (χ1v) is 4.57. The van der Waals surface area contributed by atoms with Gasteiger partial charge in [0.25, 0.3) is 0 Å². The van der Waals surface area contributed by atoms with Crippen LogP contribution in [0.25, 0.3) is 0 Å². The first-order valence-electron chi connectivity index (χ1n) is 4.57. The van der Waals surface area contributed by atoms with Gasteiger partial charge in [-0.05, 0) is 6.92 Å². The Balaban J connectivity index is 0. The molecule has 0 aliphatic rings. The maximum Gasteiger partial charge on any atom is 0.0991 e. The van der Waals surface area contributed by atoms with E-state index in [9.17, 15) is 0 Å². The molecule has 0 fully saturated rings. The average molecular weight is 210 g/mol. The van der Waals surface area contributed by atoms with Crippen molar-refractivity contribution in [3.8, 4) is 0 Å². The van der Waals surface area contributed by atoms with Crippen molar-refractivity contribution in [2.24, 2.45) is 5.73 Å². The van der Waals surface area contributed by atoms with Crippen molar-refractivity contribution in [1.82, 2.24) is 4.90 Å². The third kappa shape index (κ3) is 17.7. The van der Waals surface area contributed by atoms with Gasteiger partial charge in [-0.3, -0.25) is 4.90 Å². The molecule has 6 N–H and O–H groups in total. The fourth-order valence-electron chi connectivity index (χ4n) is 0.760. The summed E-state index contributed by atoms with van der Waals surface area (Å²) < 4.78 is 0. The highest BCUT2D eigenvalue weighted by Crippen LogP contribution is 1.84. The maximum absolute atomic E-state index is 8.48. The third-order valence-electron chi connectivity index (χ3n) is 1.25. The lowest BCUT2D eigenvalue weighted by Crippen LogP contribution is -2.32. The predicted molar refractivity (Wildman–Crippen MR) is 53.6 cm³/mol. The summed E-state index contributed by atoms with van der Waals surface area (Å²) >= 11 is 0. The Hall–Kier alpha value is -0.240. The van der Waals surface area contributed by atoms with E-state index in [1.165, 1.54) is 6.92 Å². The van der Waals surface area contributed by atoms with E-state index in [1.54, 1.807) is 4.90 Å². The summed E-state index contributed by atoms with van der Waals surface area (Å²) in [6, 6.07) is 0. The Morgan fingerprint density at radius 1 is 1.00 bits per heavy atom. The largest absolute Gasteiger partial charge is 0.395 e. The zero-order valence-electron chi connectivity index (χ0n) is 8.63. The monoisotopic (exact) mass is 210 g/mol. The molecule has 0 rings (SSSR count). The number of hydrogen-bond donors (Lipinski definition) is 5. The highest BCUT2D eigenvalue weighted by Gasteiger charge is 2.00. The summed E-state index contributed by atoms with van der Waals surface area (Å²) in [5, 5.41) is 33.3. The fraction of sp³-hybridized carbons (Fsp3) is 1.00. The van der Waals surface area contributed by atoms with E-state index in [1.807, 2.05) is 0 Å². The van der Waals surface area contributed by atoms with Crippen LogP contribution in [0.3, 0.4) is 0 Å². The van der Waals surface area contributed by atoms with E-state index in [0.29, 0.717) is 19.6 Å². The van der Waals surface area contributed by atoms with Gasteiger partial charge in [-0.25, -0.2) is 0 Å². The number of aliphatic hydroxyl groups excluding tert-OH is 4. The van der Waals surface area contributed by atoms with Gasteiger partial charge in [-0.2, -0.15) is 0 Å². The summed E-state index contributed by atoms with van der Waals surface area (Å²) in [5.41, 5.74) is 4.67. The Morgan fingerprint density at radius 3 is 1.36 bits per heavy atom. The summed E-state index contributed by atoms with van der Waals surface area (Å²) in [4.78, 5) is 1.79. The first-order chi connectivity index (χ1) is 6.58. The second kappa shape index (κ2) is 12.8. The van der Waals surface area contributed by atoms with E-state index in [4.69, 9.17) is 20.4 Å². The minimum Gasteiger partial charge on any atom is -0.395 e. The van der Waals surface area contributed by atoms with E-state index in [0.717, 1.165) is 0 Å². The smallest absolute Gasteiger partial charge is 0.0991 e. The maximum atomic E-state index is 8.48. The lowest BCUT2D eigenvalue weighted by atomic mass is 10.4. The van der Waals surface area contributed by atoms with Crippen LogP contribution in [-0.2, 0) is 0 Å². The lowest BCUT2D eigenvalue weighted by molar-refractivity contribution is 0.136. The van der Waals surface area contributed by atoms with E-state index in [2.05, 4.69) is 5.73 Å². The molecule has 0 aromatic heterocycles. The van der Waals surface area contributed by atoms with Crippen LogP contribution < -0.4 is 5.73 Å². The van der Waals surface area contributed by atoms with Crippen LogP contribution in [0.5, 0.6) is 0 Å². The summed E-state index contributed by atoms with van der Waals surface area (Å²) in [5.74, 6) is 0. The molecule has 0 aliphatic heterocycles. The molecule has 1 unspecified atom stereocenters. The van der Waals surface area contributed by atoms with Crippen molar-refractivity contribution in [2.45, 2.75) is 13.2 Å². The van der Waals surface area contributed by atoms with Gasteiger partial charge in [-0.1, -0.05) is 0 Å². The number of nitrogens with zero attached hydrogens (tertiary/aromatic N) is 1. The van der Waals surface area contributed by atoms with Gasteiger partial charge in [0, 0.05) is 19.6 Å². The Morgan fingerprint density at radius 2 is 1.21 bits per heavy atom. The minimum absolute atomic E-state index is 0.0694. The molecule has 0 radical (unpaired) electrons. The van der Waals surface area contributed by atoms with E-state index >= 15 is 0 Å². The zero-order valence-corrected chi connectivity index (χ0v) is 8.63. The molecule has 0 bridgehead atoms. The van der Waals surface area contributed by atoms with Crippen LogP contribution in [0.15, 0.2) is 0 Å². The van der Waals surface area contributed by atoms with Gasteiger partial charge in [0.05, 0.1) is 26.0 Å². The van der Waals surface area contributed by atoms with Crippen LogP contribution in [-0.4, -0.2) is 71.0 Å². The van der Waals surface area contributed by atoms with Gasteiger partial charge in [-0.15, -0.1) is 0 Å². The molecule has 14 heavy (non-hydrogen) atoms. The Labute approximate surface area is 84.6 Å². The molecule has 1 atom stereocenters. The molecular formula is C8H22N2O4. The van der Waals surface area contributed by atoms with E-state index in [-0.39, 0.29) is 19.8 Å². The Bertz CT molecular complexity index is 86.3. The highest BCUT2D eigenvalue weighted by atomic mass is 16.3. The van der Waals surface area contributed by atoms with Crippen LogP contribution >= 0.6 is 0 Å². The first kappa shape index (κ1) is 16.2. The lowest BCUT2D eigenvalue weighted by Gasteiger charge is -2.17. The molecule has 6 nitrogen and oxygen atoms in total. The molecule has 0 aromatic carbocycles. The SMILES string of the molecule is CC(N)O.OCCN(CCO)CCO. The predicted octanol–water partition coefficient (Wildman–Crippen LogP) is -2.45. The summed E-state index contributed by atoms with van der Waals surface area (Å²) in [6.45, 7) is 3.25. The molecule has 0 saturated heterocycles. The average Bonchev–Trinajstić information content (AvgIpc) is 2.04. The number of aliphatic hydroxyl groups is 4. The zero-order chi connectivity index (χ0) is 11.4. The highest BCUT2D eigenvalue weighted by molar-refractivity contribution is 4.54. The summed E-state index contributed by atoms with van der Waals surface area (Å²) in [7, 11) is 0. The normalized spacial score (nSPS) is 12.2. The van der Waals surface area contributed by atoms with Gasteiger partial charge in [0.2, 0.25) is 0 Å². The van der Waals surface area contributed by atoms with Crippen molar-refractivity contribution in [3.63, 3.8) is 0 Å². The molecule has 0 aliphatic carbocycles. The van der Waals surface area contributed by atoms with Crippen LogP contribution in [0.4, 0.5) is 0 Å². The van der Waals surface area contributed by atoms with Gasteiger partial charge in [0.15, 0.2) is 0 Å². The molecular weight excluding hydrogens is 188 g/mol. The van der Waals surface area contributed by atoms with E-state index < -0.39 is 6.23 Å². The Kier molecular flexibility index (Phi) is 14.8. The van der Waals surface area contributed by atoms with Crippen molar-refractivity contribution in [3.05, 3.63) is 0 Å². The van der Waals surface area contributed by atoms with Crippen LogP contribution in [0.2, 0.25) is 0 Å². The number of hydrogen-bond acceptors (Lipinski definition) is 6. The van der Waals surface area contributed by atoms with Crippen molar-refractivity contribution in [2.75, 3.05) is 39.5 Å². The molecule has 0 heterocycles. The molecule has 88 valence electrons. The molecule has 0 saturated carbocycles. The third-order valence-corrected chi connectivity index (χ3v) is 1.25. The summed E-state index contributed by atoms with van der Waals surface area (Å²) in [6.07, 6.45) is -0.667. The molecule has 6 heteroatoms. The fourth-order valence-corrected chi connectivity index (χ4v) is 0.760. The quantitative estimate of drug-likeness (QED) is 0.311. The van der Waals surface area contributed by atoms with Crippen molar-refractivity contribution < 1.29 is 20.4 Å². The second-order valence-electron chi connectivity index (χ2n) is 2.75. The van der Waals surface area contributed by atoms with Crippen molar-refractivity contribution in [1.29, 1.82) is 0 Å². The van der Waals surface area contributed by atoms with Crippen molar-refractivity contribution >= 4 is 0 Å². The molecule has 0 amide bonds. The molecule has 0 spiro atoms. The minimum atomic E-state index is -0.667. The van der Waals surface area contributed by atoms with Gasteiger partial charge in [0.1, 0.15) is 0 Å². The number of rotatable bonds is 6. The standard InChI is InChI=1S/C6H15NO3.C2H7NO/c8-4-1-7(2-5-9)3-6-10;1-2(3)4/h8-10H,1-6H2;2,4H,3H2,1H3. The van der Waals surface area contributed by atoms with Crippen LogP contribution in [0.1, 0.15) is 6.92 Å². The van der Waals surface area contributed by atoms with Gasteiger partial charge < -0.3 is 26.2 Å². The van der Waals surface area contributed by atoms with Gasteiger partial charge >= 0.3 is 0 Å². The number of nitrogens with two attached hydrogens (primary N) is 1. The molecule has 0 aromatic rings.